The summed E-state index contributed by atoms with van der Waals surface area (Å²) >= 11 is 0. The molecule has 118 valence electrons. The summed E-state index contributed by atoms with van der Waals surface area (Å²) in [5.41, 5.74) is 6.75. The molecule has 23 heavy (non-hydrogen) atoms. The lowest BCUT2D eigenvalue weighted by Gasteiger charge is -2.07. The molecule has 0 bridgehead atoms. The standard InChI is InChI=1S/C16H13F3N4/c17-16(18,19)12-8-6-11(7-9-12)14-21-15(23-22-14)13(20)10-4-2-1-3-5-10/h1-9,13H,20H2,(H,21,22,23)/t13-/m1/s1. The van der Waals surface area contributed by atoms with Crippen LogP contribution < -0.4 is 5.73 Å². The van der Waals surface area contributed by atoms with Gasteiger partial charge in [0.2, 0.25) is 0 Å². The number of nitrogens with zero attached hydrogens (tertiary/aromatic N) is 2. The van der Waals surface area contributed by atoms with Crippen LogP contribution in [0.5, 0.6) is 0 Å². The van der Waals surface area contributed by atoms with Gasteiger partial charge in [-0.3, -0.25) is 5.10 Å². The van der Waals surface area contributed by atoms with Crippen LogP contribution in [0, 0.1) is 0 Å². The van der Waals surface area contributed by atoms with Crippen molar-refractivity contribution in [1.82, 2.24) is 15.2 Å². The molecule has 0 amide bonds. The fourth-order valence-electron chi connectivity index (χ4n) is 2.17. The van der Waals surface area contributed by atoms with Gasteiger partial charge in [0.15, 0.2) is 5.82 Å². The lowest BCUT2D eigenvalue weighted by Crippen LogP contribution is -2.13. The molecular weight excluding hydrogens is 305 g/mol. The van der Waals surface area contributed by atoms with Crippen LogP contribution in [0.3, 0.4) is 0 Å². The summed E-state index contributed by atoms with van der Waals surface area (Å²) in [5.74, 6) is 0.756. The van der Waals surface area contributed by atoms with Gasteiger partial charge in [0, 0.05) is 5.56 Å². The first-order chi connectivity index (χ1) is 10.9. The Morgan fingerprint density at radius 3 is 2.22 bits per heavy atom. The molecule has 0 fully saturated rings. The molecule has 2 aromatic carbocycles. The van der Waals surface area contributed by atoms with Crippen molar-refractivity contribution in [2.75, 3.05) is 0 Å². The van der Waals surface area contributed by atoms with Gasteiger partial charge in [0.25, 0.3) is 0 Å². The molecule has 0 aliphatic carbocycles. The molecule has 0 saturated heterocycles. The number of nitrogens with two attached hydrogens (primary N) is 1. The Bertz CT molecular complexity index is 779. The lowest BCUT2D eigenvalue weighted by molar-refractivity contribution is -0.137. The van der Waals surface area contributed by atoms with Crippen LogP contribution in [0.25, 0.3) is 11.4 Å². The average molecular weight is 318 g/mol. The maximum Gasteiger partial charge on any atom is 0.416 e. The number of halogens is 3. The smallest absolute Gasteiger partial charge is 0.318 e. The monoisotopic (exact) mass is 318 g/mol. The minimum Gasteiger partial charge on any atom is -0.318 e. The Kier molecular flexibility index (Phi) is 3.87. The Morgan fingerprint density at radius 2 is 1.61 bits per heavy atom. The number of alkyl halides is 3. The lowest BCUT2D eigenvalue weighted by atomic mass is 10.1. The first kappa shape index (κ1) is 15.2. The van der Waals surface area contributed by atoms with E-state index in [2.05, 4.69) is 15.2 Å². The van der Waals surface area contributed by atoms with Crippen molar-refractivity contribution in [1.29, 1.82) is 0 Å². The Morgan fingerprint density at radius 1 is 0.957 bits per heavy atom. The van der Waals surface area contributed by atoms with Gasteiger partial charge in [-0.15, -0.1) is 0 Å². The van der Waals surface area contributed by atoms with Gasteiger partial charge in [-0.1, -0.05) is 42.5 Å². The summed E-state index contributed by atoms with van der Waals surface area (Å²) < 4.78 is 37.7. The quantitative estimate of drug-likeness (QED) is 0.776. The number of aromatic amines is 1. The molecule has 7 heteroatoms. The van der Waals surface area contributed by atoms with E-state index in [1.165, 1.54) is 12.1 Å². The molecule has 3 rings (SSSR count). The third-order valence-electron chi connectivity index (χ3n) is 3.43. The summed E-state index contributed by atoms with van der Waals surface area (Å²) in [4.78, 5) is 4.28. The van der Waals surface area contributed by atoms with Gasteiger partial charge in [-0.2, -0.15) is 18.3 Å². The van der Waals surface area contributed by atoms with Crippen LogP contribution in [-0.2, 0) is 6.18 Å². The number of hydrogen-bond donors (Lipinski definition) is 2. The summed E-state index contributed by atoms with van der Waals surface area (Å²) in [7, 11) is 0. The molecule has 0 unspecified atom stereocenters. The summed E-state index contributed by atoms with van der Waals surface area (Å²) in [6, 6.07) is 13.5. The molecule has 3 N–H and O–H groups in total. The number of hydrogen-bond acceptors (Lipinski definition) is 3. The van der Waals surface area contributed by atoms with Crippen LogP contribution in [-0.4, -0.2) is 15.2 Å². The minimum absolute atomic E-state index is 0.306. The zero-order valence-corrected chi connectivity index (χ0v) is 11.9. The zero-order chi connectivity index (χ0) is 16.4. The first-order valence-corrected chi connectivity index (χ1v) is 6.85. The van der Waals surface area contributed by atoms with E-state index in [1.54, 1.807) is 0 Å². The van der Waals surface area contributed by atoms with Gasteiger partial charge in [-0.25, -0.2) is 4.98 Å². The number of nitrogens with one attached hydrogen (secondary N) is 1. The van der Waals surface area contributed by atoms with E-state index >= 15 is 0 Å². The van der Waals surface area contributed by atoms with E-state index in [0.717, 1.165) is 17.7 Å². The van der Waals surface area contributed by atoms with Gasteiger partial charge >= 0.3 is 6.18 Å². The van der Waals surface area contributed by atoms with Crippen LogP contribution >= 0.6 is 0 Å². The highest BCUT2D eigenvalue weighted by Gasteiger charge is 2.30. The van der Waals surface area contributed by atoms with E-state index in [-0.39, 0.29) is 0 Å². The van der Waals surface area contributed by atoms with Crippen molar-refractivity contribution >= 4 is 0 Å². The molecular formula is C16H13F3N4. The molecule has 0 radical (unpaired) electrons. The topological polar surface area (TPSA) is 67.6 Å². The van der Waals surface area contributed by atoms with Gasteiger partial charge in [0.05, 0.1) is 11.6 Å². The highest BCUT2D eigenvalue weighted by atomic mass is 19.4. The molecule has 1 aromatic heterocycles. The molecule has 0 spiro atoms. The second-order valence-electron chi connectivity index (χ2n) is 5.01. The van der Waals surface area contributed by atoms with Crippen molar-refractivity contribution in [2.45, 2.75) is 12.2 Å². The largest absolute Gasteiger partial charge is 0.416 e. The number of aromatic nitrogens is 3. The second-order valence-corrected chi connectivity index (χ2v) is 5.01. The van der Waals surface area contributed by atoms with E-state index in [0.29, 0.717) is 17.2 Å². The fraction of sp³-hybridized carbons (Fsp3) is 0.125. The maximum atomic E-state index is 12.6. The van der Waals surface area contributed by atoms with E-state index in [4.69, 9.17) is 5.73 Å². The van der Waals surface area contributed by atoms with Crippen molar-refractivity contribution in [3.8, 4) is 11.4 Å². The van der Waals surface area contributed by atoms with Crippen molar-refractivity contribution in [2.24, 2.45) is 5.73 Å². The summed E-state index contributed by atoms with van der Waals surface area (Å²) in [5, 5.41) is 6.77. The summed E-state index contributed by atoms with van der Waals surface area (Å²) in [6.07, 6.45) is -4.36. The third kappa shape index (κ3) is 3.24. The zero-order valence-electron chi connectivity index (χ0n) is 11.9. The van der Waals surface area contributed by atoms with Crippen molar-refractivity contribution in [3.63, 3.8) is 0 Å². The molecule has 0 aliphatic rings. The minimum atomic E-state index is -4.36. The van der Waals surface area contributed by atoms with Crippen molar-refractivity contribution < 1.29 is 13.2 Å². The Labute approximate surface area is 130 Å². The third-order valence-corrected chi connectivity index (χ3v) is 3.43. The predicted octanol–water partition coefficient (Wildman–Crippen LogP) is 3.54. The summed E-state index contributed by atoms with van der Waals surface area (Å²) in [6.45, 7) is 0. The van der Waals surface area contributed by atoms with Crippen molar-refractivity contribution in [3.05, 3.63) is 71.5 Å². The van der Waals surface area contributed by atoms with E-state index in [1.807, 2.05) is 30.3 Å². The van der Waals surface area contributed by atoms with Gasteiger partial charge in [0.1, 0.15) is 5.82 Å². The molecule has 4 nitrogen and oxygen atoms in total. The SMILES string of the molecule is N[C@H](c1ccccc1)c1nc(-c2ccc(C(F)(F)F)cc2)n[nH]1. The van der Waals surface area contributed by atoms with Crippen LogP contribution in [0.2, 0.25) is 0 Å². The highest BCUT2D eigenvalue weighted by molar-refractivity contribution is 5.55. The van der Waals surface area contributed by atoms with Crippen LogP contribution in [0.4, 0.5) is 13.2 Å². The molecule has 3 aromatic rings. The number of benzene rings is 2. The van der Waals surface area contributed by atoms with Crippen LogP contribution in [0.15, 0.2) is 54.6 Å². The molecule has 1 atom stereocenters. The Balaban J connectivity index is 1.85. The molecule has 0 saturated carbocycles. The second kappa shape index (κ2) is 5.85. The number of H-pyrrole nitrogens is 1. The Hall–Kier alpha value is -2.67. The van der Waals surface area contributed by atoms with E-state index < -0.39 is 17.8 Å². The van der Waals surface area contributed by atoms with E-state index in [9.17, 15) is 13.2 Å². The first-order valence-electron chi connectivity index (χ1n) is 6.85. The molecule has 0 aliphatic heterocycles. The maximum absolute atomic E-state index is 12.6. The van der Waals surface area contributed by atoms with Gasteiger partial charge < -0.3 is 5.73 Å². The average Bonchev–Trinajstić information content (AvgIpc) is 3.04. The number of rotatable bonds is 3. The fourth-order valence-corrected chi connectivity index (χ4v) is 2.17. The predicted molar refractivity (Wildman–Crippen MR) is 79.3 cm³/mol. The highest BCUT2D eigenvalue weighted by Crippen LogP contribution is 2.30. The van der Waals surface area contributed by atoms with Gasteiger partial charge in [-0.05, 0) is 17.7 Å². The van der Waals surface area contributed by atoms with Crippen LogP contribution in [0.1, 0.15) is 23.0 Å². The normalized spacial score (nSPS) is 13.0. The molecule has 1 heterocycles.